The molecule has 3 rings (SSSR count). The number of rotatable bonds is 5. The summed E-state index contributed by atoms with van der Waals surface area (Å²) in [5, 5.41) is 6.91. The van der Waals surface area contributed by atoms with Gasteiger partial charge in [0, 0.05) is 30.9 Å². The van der Waals surface area contributed by atoms with Gasteiger partial charge in [0.25, 0.3) is 0 Å². The Morgan fingerprint density at radius 1 is 1.12 bits per heavy atom. The Bertz CT molecular complexity index is 578. The number of likely N-dealkylation sites (tertiary alicyclic amines) is 1. The molecule has 26 heavy (non-hydrogen) atoms. The van der Waals surface area contributed by atoms with Gasteiger partial charge in [-0.3, -0.25) is 9.69 Å². The topological polar surface area (TPSA) is 44.4 Å². The van der Waals surface area contributed by atoms with Crippen LogP contribution in [0, 0.1) is 11.3 Å². The highest BCUT2D eigenvalue weighted by Crippen LogP contribution is 2.38. The van der Waals surface area contributed by atoms with E-state index in [2.05, 4.69) is 36.3 Å². The fraction of sp³-hybridized carbons (Fsp3) is 0.682. The minimum absolute atomic E-state index is 0.0884. The van der Waals surface area contributed by atoms with E-state index in [0.717, 1.165) is 37.5 Å². The molecule has 2 aliphatic rings. The smallest absolute Gasteiger partial charge is 0.238 e. The first-order chi connectivity index (χ1) is 12.4. The normalized spacial score (nSPS) is 27.2. The van der Waals surface area contributed by atoms with Gasteiger partial charge in [-0.05, 0) is 55.6 Å². The quantitative estimate of drug-likeness (QED) is 0.840. The van der Waals surface area contributed by atoms with Gasteiger partial charge in [-0.15, -0.1) is 0 Å². The van der Waals surface area contributed by atoms with E-state index in [9.17, 15) is 4.79 Å². The van der Waals surface area contributed by atoms with Crippen LogP contribution < -0.4 is 10.6 Å². The minimum atomic E-state index is 0.0884. The molecule has 1 aromatic carbocycles. The number of nitrogens with zero attached hydrogens (tertiary/aromatic N) is 1. The number of hydrogen-bond acceptors (Lipinski definition) is 3. The van der Waals surface area contributed by atoms with Gasteiger partial charge in [-0.25, -0.2) is 0 Å². The molecule has 1 aliphatic heterocycles. The van der Waals surface area contributed by atoms with Gasteiger partial charge in [0.2, 0.25) is 5.91 Å². The molecule has 1 aliphatic carbocycles. The Labute approximate surface area is 158 Å². The fourth-order valence-electron chi connectivity index (χ4n) is 4.99. The molecule has 0 spiro atoms. The third kappa shape index (κ3) is 5.82. The van der Waals surface area contributed by atoms with Crippen molar-refractivity contribution in [3.05, 3.63) is 30.3 Å². The maximum atomic E-state index is 12.2. The van der Waals surface area contributed by atoms with Crippen LogP contribution >= 0.6 is 0 Å². The summed E-state index contributed by atoms with van der Waals surface area (Å²) in [6.45, 7) is 9.71. The summed E-state index contributed by atoms with van der Waals surface area (Å²) in [6, 6.07) is 11.0. The molecule has 1 heterocycles. The summed E-state index contributed by atoms with van der Waals surface area (Å²) >= 11 is 0. The predicted octanol–water partition coefficient (Wildman–Crippen LogP) is 3.89. The van der Waals surface area contributed by atoms with Crippen molar-refractivity contribution in [2.75, 3.05) is 25.0 Å². The van der Waals surface area contributed by atoms with Crippen LogP contribution in [0.4, 0.5) is 5.69 Å². The summed E-state index contributed by atoms with van der Waals surface area (Å²) in [6.07, 6.45) is 6.23. The number of anilines is 1. The lowest BCUT2D eigenvalue weighted by molar-refractivity contribution is -0.117. The second-order valence-corrected chi connectivity index (χ2v) is 9.24. The lowest BCUT2D eigenvalue weighted by atomic mass is 9.70. The number of carbonyl (C=O) groups excluding carboxylic acids is 1. The molecular weight excluding hydrogens is 322 g/mol. The van der Waals surface area contributed by atoms with E-state index in [0.29, 0.717) is 24.0 Å². The molecule has 4 nitrogen and oxygen atoms in total. The SMILES string of the molecule is C[C@H]1CC(NC2CCN(CC(=O)Nc3ccccc3)CC2)CC(C)(C)C1. The molecular formula is C22H35N3O. The van der Waals surface area contributed by atoms with Crippen LogP contribution in [0.15, 0.2) is 30.3 Å². The standard InChI is InChI=1S/C22H35N3O/c1-17-13-20(15-22(2,3)14-17)23-19-9-11-25(12-10-19)16-21(26)24-18-7-5-4-6-8-18/h4-8,17,19-20,23H,9-16H2,1-3H3,(H,24,26)/t17-,20?/m0/s1. The number of nitrogens with one attached hydrogen (secondary N) is 2. The summed E-state index contributed by atoms with van der Waals surface area (Å²) < 4.78 is 0. The first kappa shape index (κ1) is 19.4. The first-order valence-electron chi connectivity index (χ1n) is 10.2. The van der Waals surface area contributed by atoms with Crippen molar-refractivity contribution in [3.63, 3.8) is 0 Å². The molecule has 0 bridgehead atoms. The molecule has 0 radical (unpaired) electrons. The van der Waals surface area contributed by atoms with E-state index in [-0.39, 0.29) is 5.91 Å². The van der Waals surface area contributed by atoms with E-state index in [1.165, 1.54) is 19.3 Å². The van der Waals surface area contributed by atoms with Gasteiger partial charge >= 0.3 is 0 Å². The van der Waals surface area contributed by atoms with Crippen LogP contribution in [-0.4, -0.2) is 42.5 Å². The maximum Gasteiger partial charge on any atom is 0.238 e. The van der Waals surface area contributed by atoms with Crippen LogP contribution in [0.1, 0.15) is 52.9 Å². The highest BCUT2D eigenvalue weighted by Gasteiger charge is 2.33. The van der Waals surface area contributed by atoms with Crippen molar-refractivity contribution < 1.29 is 4.79 Å². The first-order valence-corrected chi connectivity index (χ1v) is 10.2. The van der Waals surface area contributed by atoms with Gasteiger partial charge in [0.1, 0.15) is 0 Å². The number of carbonyl (C=O) groups is 1. The van der Waals surface area contributed by atoms with Gasteiger partial charge in [-0.2, -0.15) is 0 Å². The van der Waals surface area contributed by atoms with Crippen LogP contribution in [0.5, 0.6) is 0 Å². The van der Waals surface area contributed by atoms with E-state index < -0.39 is 0 Å². The molecule has 2 N–H and O–H groups in total. The largest absolute Gasteiger partial charge is 0.325 e. The van der Waals surface area contributed by atoms with E-state index in [1.54, 1.807) is 0 Å². The zero-order valence-electron chi connectivity index (χ0n) is 16.6. The number of para-hydroxylation sites is 1. The molecule has 2 fully saturated rings. The Kier molecular flexibility index (Phi) is 6.36. The molecule has 1 saturated heterocycles. The molecule has 1 amide bonds. The van der Waals surface area contributed by atoms with Crippen molar-refractivity contribution >= 4 is 11.6 Å². The van der Waals surface area contributed by atoms with E-state index in [1.807, 2.05) is 30.3 Å². The highest BCUT2D eigenvalue weighted by atomic mass is 16.2. The Morgan fingerprint density at radius 2 is 1.81 bits per heavy atom. The summed E-state index contributed by atoms with van der Waals surface area (Å²) in [7, 11) is 0. The van der Waals surface area contributed by atoms with Crippen molar-refractivity contribution in [1.29, 1.82) is 0 Å². The van der Waals surface area contributed by atoms with Crippen LogP contribution in [-0.2, 0) is 4.79 Å². The number of amides is 1. The maximum absolute atomic E-state index is 12.2. The number of hydrogen-bond donors (Lipinski definition) is 2. The monoisotopic (exact) mass is 357 g/mol. The average molecular weight is 358 g/mol. The van der Waals surface area contributed by atoms with Crippen molar-refractivity contribution in [2.45, 2.75) is 65.0 Å². The summed E-state index contributed by atoms with van der Waals surface area (Å²) in [5.74, 6) is 0.906. The third-order valence-electron chi connectivity index (χ3n) is 5.87. The third-order valence-corrected chi connectivity index (χ3v) is 5.87. The molecule has 4 heteroatoms. The van der Waals surface area contributed by atoms with Crippen LogP contribution in [0.3, 0.4) is 0 Å². The average Bonchev–Trinajstić information content (AvgIpc) is 2.55. The summed E-state index contributed by atoms with van der Waals surface area (Å²) in [5.41, 5.74) is 1.34. The van der Waals surface area contributed by atoms with Gasteiger partial charge in [-0.1, -0.05) is 39.0 Å². The fourth-order valence-corrected chi connectivity index (χ4v) is 4.99. The molecule has 144 valence electrons. The zero-order valence-corrected chi connectivity index (χ0v) is 16.6. The second-order valence-electron chi connectivity index (χ2n) is 9.24. The van der Waals surface area contributed by atoms with E-state index in [4.69, 9.17) is 0 Å². The van der Waals surface area contributed by atoms with Crippen molar-refractivity contribution in [3.8, 4) is 0 Å². The Hall–Kier alpha value is -1.39. The second kappa shape index (κ2) is 8.53. The predicted molar refractivity (Wildman–Crippen MR) is 108 cm³/mol. The van der Waals surface area contributed by atoms with Gasteiger partial charge in [0.05, 0.1) is 6.54 Å². The van der Waals surface area contributed by atoms with Crippen LogP contribution in [0.2, 0.25) is 0 Å². The minimum Gasteiger partial charge on any atom is -0.325 e. The van der Waals surface area contributed by atoms with Gasteiger partial charge < -0.3 is 10.6 Å². The van der Waals surface area contributed by atoms with Crippen molar-refractivity contribution in [2.24, 2.45) is 11.3 Å². The van der Waals surface area contributed by atoms with Crippen molar-refractivity contribution in [1.82, 2.24) is 10.2 Å². The molecule has 1 unspecified atom stereocenters. The molecule has 1 aromatic rings. The Morgan fingerprint density at radius 3 is 2.46 bits per heavy atom. The molecule has 0 aromatic heterocycles. The summed E-state index contributed by atoms with van der Waals surface area (Å²) in [4.78, 5) is 14.5. The molecule has 1 saturated carbocycles. The Balaban J connectivity index is 1.39. The number of benzene rings is 1. The van der Waals surface area contributed by atoms with E-state index >= 15 is 0 Å². The van der Waals surface area contributed by atoms with Crippen LogP contribution in [0.25, 0.3) is 0 Å². The van der Waals surface area contributed by atoms with Gasteiger partial charge in [0.15, 0.2) is 0 Å². The molecule has 2 atom stereocenters. The lowest BCUT2D eigenvalue weighted by Crippen LogP contribution is -2.50. The highest BCUT2D eigenvalue weighted by molar-refractivity contribution is 5.92. The lowest BCUT2D eigenvalue weighted by Gasteiger charge is -2.42. The number of piperidine rings is 1. The zero-order chi connectivity index (χ0) is 18.6.